The first-order valence-electron chi connectivity index (χ1n) is 10.7. The van der Waals surface area contributed by atoms with Gasteiger partial charge in [-0.3, -0.25) is 0 Å². The molecule has 27 heavy (non-hydrogen) atoms. The van der Waals surface area contributed by atoms with Gasteiger partial charge in [0.1, 0.15) is 11.6 Å². The highest BCUT2D eigenvalue weighted by Gasteiger charge is 2.22. The third-order valence-electron chi connectivity index (χ3n) is 5.08. The number of nitrogens with one attached hydrogen (secondary N) is 2. The highest BCUT2D eigenvalue weighted by molar-refractivity contribution is 5.79. The number of hydrogen-bond acceptors (Lipinski definition) is 4. The minimum atomic E-state index is -1.06. The fourth-order valence-corrected chi connectivity index (χ4v) is 3.66. The van der Waals surface area contributed by atoms with Crippen molar-refractivity contribution in [3.63, 3.8) is 0 Å². The van der Waals surface area contributed by atoms with E-state index in [4.69, 9.17) is 9.84 Å². The van der Waals surface area contributed by atoms with Gasteiger partial charge in [-0.25, -0.2) is 9.59 Å². The van der Waals surface area contributed by atoms with E-state index in [1.807, 2.05) is 0 Å². The van der Waals surface area contributed by atoms with E-state index in [0.717, 1.165) is 12.1 Å². The molecule has 3 N–H and O–H groups in total. The monoisotopic (exact) mass is 384 g/mol. The minimum Gasteiger partial charge on any atom is -0.480 e. The molecular formula is C21H40N2O4. The average Bonchev–Trinajstić information content (AvgIpc) is 2.60. The molecule has 6 heteroatoms. The number of rotatable bonds is 5. The molecular weight excluding hydrogens is 344 g/mol. The molecule has 0 aromatic heterocycles. The lowest BCUT2D eigenvalue weighted by molar-refractivity contribution is -0.139. The SMILES string of the molecule is C1CCC(NC2CCCCC2)CC1.CC[C@@H](NC(=O)OC(C)(C)C)C(=O)O. The molecule has 0 aliphatic heterocycles. The molecule has 0 heterocycles. The number of amides is 1. The number of carboxylic acid groups (broad SMARTS) is 1. The number of hydrogen-bond donors (Lipinski definition) is 3. The van der Waals surface area contributed by atoms with Crippen molar-refractivity contribution in [3.8, 4) is 0 Å². The Balaban J connectivity index is 0.000000270. The summed E-state index contributed by atoms with van der Waals surface area (Å²) in [5, 5.41) is 14.8. The average molecular weight is 385 g/mol. The molecule has 1 atom stereocenters. The number of alkyl carbamates (subject to hydrolysis) is 1. The zero-order valence-corrected chi connectivity index (χ0v) is 17.7. The quantitative estimate of drug-likeness (QED) is 0.644. The van der Waals surface area contributed by atoms with Crippen molar-refractivity contribution in [1.29, 1.82) is 0 Å². The van der Waals surface area contributed by atoms with Gasteiger partial charge in [0.15, 0.2) is 0 Å². The van der Waals surface area contributed by atoms with Gasteiger partial charge < -0.3 is 20.5 Å². The van der Waals surface area contributed by atoms with Crippen molar-refractivity contribution in [2.75, 3.05) is 0 Å². The Labute approximate surface area is 164 Å². The fourth-order valence-electron chi connectivity index (χ4n) is 3.66. The molecule has 2 fully saturated rings. The Morgan fingerprint density at radius 1 is 0.963 bits per heavy atom. The number of carbonyl (C=O) groups excluding carboxylic acids is 1. The summed E-state index contributed by atoms with van der Waals surface area (Å²) in [6, 6.07) is 0.860. The zero-order valence-electron chi connectivity index (χ0n) is 17.7. The molecule has 158 valence electrons. The molecule has 1 amide bonds. The van der Waals surface area contributed by atoms with Crippen LogP contribution in [0, 0.1) is 0 Å². The molecule has 0 bridgehead atoms. The molecule has 0 saturated heterocycles. The van der Waals surface area contributed by atoms with Crippen LogP contribution in [0.5, 0.6) is 0 Å². The van der Waals surface area contributed by atoms with E-state index in [1.54, 1.807) is 27.7 Å². The second-order valence-electron chi connectivity index (χ2n) is 8.78. The van der Waals surface area contributed by atoms with Gasteiger partial charge in [-0.05, 0) is 52.9 Å². The molecule has 0 spiro atoms. The van der Waals surface area contributed by atoms with Gasteiger partial charge in [0.05, 0.1) is 0 Å². The van der Waals surface area contributed by atoms with Crippen LogP contribution in [0.1, 0.15) is 98.3 Å². The third kappa shape index (κ3) is 11.2. The Morgan fingerprint density at radius 2 is 1.41 bits per heavy atom. The van der Waals surface area contributed by atoms with Crippen molar-refractivity contribution < 1.29 is 19.4 Å². The van der Waals surface area contributed by atoms with Gasteiger partial charge in [0.2, 0.25) is 0 Å². The summed E-state index contributed by atoms with van der Waals surface area (Å²) >= 11 is 0. The van der Waals surface area contributed by atoms with Crippen LogP contribution in [0.4, 0.5) is 4.79 Å². The maximum absolute atomic E-state index is 11.1. The molecule has 6 nitrogen and oxygen atoms in total. The van der Waals surface area contributed by atoms with Crippen molar-refractivity contribution in [3.05, 3.63) is 0 Å². The van der Waals surface area contributed by atoms with Crippen LogP contribution in [0.25, 0.3) is 0 Å². The largest absolute Gasteiger partial charge is 0.480 e. The van der Waals surface area contributed by atoms with Crippen LogP contribution in [0.3, 0.4) is 0 Å². The summed E-state index contributed by atoms with van der Waals surface area (Å²) < 4.78 is 4.91. The van der Waals surface area contributed by atoms with Crippen LogP contribution in [0.15, 0.2) is 0 Å². The maximum Gasteiger partial charge on any atom is 0.408 e. The van der Waals surface area contributed by atoms with Gasteiger partial charge in [0.25, 0.3) is 0 Å². The highest BCUT2D eigenvalue weighted by atomic mass is 16.6. The summed E-state index contributed by atoms with van der Waals surface area (Å²) in [4.78, 5) is 21.7. The summed E-state index contributed by atoms with van der Waals surface area (Å²) in [5.41, 5.74) is -0.610. The lowest BCUT2D eigenvalue weighted by Gasteiger charge is -2.30. The second-order valence-corrected chi connectivity index (χ2v) is 8.78. The predicted octanol–water partition coefficient (Wildman–Crippen LogP) is 4.62. The third-order valence-corrected chi connectivity index (χ3v) is 5.08. The van der Waals surface area contributed by atoms with E-state index in [2.05, 4.69) is 10.6 Å². The standard InChI is InChI=1S/C12H23N.C9H17NO4/c1-3-7-11(8-4-1)13-12-9-5-2-6-10-12;1-5-6(7(11)12)10-8(13)14-9(2,3)4/h11-13H,1-10H2;6H,5H2,1-4H3,(H,10,13)(H,11,12)/t;6-/m.1/s1. The number of aliphatic carboxylic acids is 1. The van der Waals surface area contributed by atoms with E-state index in [9.17, 15) is 9.59 Å². The first-order valence-corrected chi connectivity index (χ1v) is 10.7. The van der Waals surface area contributed by atoms with Crippen LogP contribution in [0.2, 0.25) is 0 Å². The smallest absolute Gasteiger partial charge is 0.408 e. The first kappa shape index (κ1) is 23.7. The van der Waals surface area contributed by atoms with Gasteiger partial charge in [-0.15, -0.1) is 0 Å². The second kappa shape index (κ2) is 12.2. The van der Waals surface area contributed by atoms with Crippen LogP contribution in [-0.4, -0.2) is 40.9 Å². The summed E-state index contributed by atoms with van der Waals surface area (Å²) in [5.74, 6) is -1.06. The summed E-state index contributed by atoms with van der Waals surface area (Å²) in [7, 11) is 0. The molecule has 0 unspecified atom stereocenters. The van der Waals surface area contributed by atoms with Crippen LogP contribution in [-0.2, 0) is 9.53 Å². The van der Waals surface area contributed by atoms with E-state index in [-0.39, 0.29) is 0 Å². The Kier molecular flexibility index (Phi) is 10.7. The molecule has 0 radical (unpaired) electrons. The van der Waals surface area contributed by atoms with Gasteiger partial charge in [-0.2, -0.15) is 0 Å². The molecule has 2 saturated carbocycles. The number of carbonyl (C=O) groups is 2. The minimum absolute atomic E-state index is 0.328. The highest BCUT2D eigenvalue weighted by Crippen LogP contribution is 2.22. The Morgan fingerprint density at radius 3 is 1.74 bits per heavy atom. The normalized spacial score (nSPS) is 20.1. The first-order chi connectivity index (χ1) is 12.7. The zero-order chi connectivity index (χ0) is 20.3. The Bertz CT molecular complexity index is 420. The Hall–Kier alpha value is -1.30. The van der Waals surface area contributed by atoms with E-state index >= 15 is 0 Å². The number of carboxylic acids is 1. The molecule has 2 aliphatic rings. The van der Waals surface area contributed by atoms with Crippen molar-refractivity contribution in [2.24, 2.45) is 0 Å². The topological polar surface area (TPSA) is 87.7 Å². The molecule has 0 aromatic rings. The van der Waals surface area contributed by atoms with Crippen molar-refractivity contribution >= 4 is 12.1 Å². The van der Waals surface area contributed by atoms with E-state index in [0.29, 0.717) is 6.42 Å². The van der Waals surface area contributed by atoms with Crippen molar-refractivity contribution in [2.45, 2.75) is 122 Å². The maximum atomic E-state index is 11.1. The van der Waals surface area contributed by atoms with E-state index in [1.165, 1.54) is 64.2 Å². The summed E-state index contributed by atoms with van der Waals surface area (Å²) in [6.45, 7) is 6.83. The lowest BCUT2D eigenvalue weighted by atomic mass is 9.91. The predicted molar refractivity (Wildman–Crippen MR) is 108 cm³/mol. The fraction of sp³-hybridized carbons (Fsp3) is 0.905. The number of ether oxygens (including phenoxy) is 1. The molecule has 2 rings (SSSR count). The van der Waals surface area contributed by atoms with Crippen molar-refractivity contribution in [1.82, 2.24) is 10.6 Å². The van der Waals surface area contributed by atoms with Gasteiger partial charge in [0, 0.05) is 12.1 Å². The lowest BCUT2D eigenvalue weighted by Crippen LogP contribution is -2.43. The molecule has 2 aliphatic carbocycles. The summed E-state index contributed by atoms with van der Waals surface area (Å²) in [6.07, 6.45) is 14.2. The van der Waals surface area contributed by atoms with Gasteiger partial charge >= 0.3 is 12.1 Å². The van der Waals surface area contributed by atoms with E-state index < -0.39 is 23.7 Å². The van der Waals surface area contributed by atoms with Gasteiger partial charge in [-0.1, -0.05) is 45.4 Å². The van der Waals surface area contributed by atoms with Crippen LogP contribution < -0.4 is 10.6 Å². The molecule has 0 aromatic carbocycles. The van der Waals surface area contributed by atoms with Crippen LogP contribution >= 0.6 is 0 Å².